The molecule has 0 aromatic rings. The van der Waals surface area contributed by atoms with Crippen LogP contribution >= 0.6 is 0 Å². The average Bonchev–Trinajstić information content (AvgIpc) is 2.75. The molecule has 2 fully saturated rings. The van der Waals surface area contributed by atoms with E-state index < -0.39 is 0 Å². The number of hydrogen-bond acceptors (Lipinski definition) is 2. The van der Waals surface area contributed by atoms with E-state index in [1.807, 2.05) is 0 Å². The first-order valence-corrected chi connectivity index (χ1v) is 8.69. The molecule has 1 N–H and O–H groups in total. The summed E-state index contributed by atoms with van der Waals surface area (Å²) in [5.74, 6) is 1.71. The maximum absolute atomic E-state index is 12.5. The fourth-order valence-corrected chi connectivity index (χ4v) is 4.00. The Morgan fingerprint density at radius 2 is 1.85 bits per heavy atom. The molecule has 3 heteroatoms. The van der Waals surface area contributed by atoms with E-state index in [0.717, 1.165) is 25.9 Å². The fraction of sp³-hybridized carbons (Fsp3) is 0.941. The van der Waals surface area contributed by atoms with Gasteiger partial charge >= 0.3 is 0 Å². The Balaban J connectivity index is 1.82. The molecule has 1 amide bonds. The Labute approximate surface area is 124 Å². The number of rotatable bonds is 4. The molecule has 0 aromatic carbocycles. The van der Waals surface area contributed by atoms with Crippen molar-refractivity contribution < 1.29 is 4.79 Å². The molecule has 0 spiro atoms. The minimum atomic E-state index is 0.421. The zero-order valence-electron chi connectivity index (χ0n) is 13.4. The van der Waals surface area contributed by atoms with Gasteiger partial charge in [-0.05, 0) is 38.1 Å². The highest BCUT2D eigenvalue weighted by Gasteiger charge is 2.30. The van der Waals surface area contributed by atoms with Gasteiger partial charge in [0.05, 0.1) is 0 Å². The highest BCUT2D eigenvalue weighted by atomic mass is 16.2. The Morgan fingerprint density at radius 3 is 2.45 bits per heavy atom. The molecule has 2 atom stereocenters. The second kappa shape index (κ2) is 8.02. The van der Waals surface area contributed by atoms with E-state index in [-0.39, 0.29) is 0 Å². The molecule has 2 rings (SSSR count). The number of likely N-dealkylation sites (tertiary alicyclic amines) is 1. The van der Waals surface area contributed by atoms with Crippen LogP contribution in [0, 0.1) is 11.8 Å². The molecule has 1 aliphatic heterocycles. The minimum absolute atomic E-state index is 0.421. The zero-order chi connectivity index (χ0) is 14.4. The van der Waals surface area contributed by atoms with E-state index >= 15 is 0 Å². The topological polar surface area (TPSA) is 32.3 Å². The number of hydrogen-bond donors (Lipinski definition) is 1. The van der Waals surface area contributed by atoms with Gasteiger partial charge in [-0.1, -0.05) is 39.0 Å². The van der Waals surface area contributed by atoms with Gasteiger partial charge in [-0.25, -0.2) is 0 Å². The van der Waals surface area contributed by atoms with Crippen LogP contribution < -0.4 is 5.32 Å². The number of carbonyl (C=O) groups is 1. The fourth-order valence-electron chi connectivity index (χ4n) is 4.00. The number of piperidine rings is 1. The Bertz CT molecular complexity index is 297. The van der Waals surface area contributed by atoms with E-state index in [1.54, 1.807) is 0 Å². The summed E-state index contributed by atoms with van der Waals surface area (Å²) in [7, 11) is 2.05. The normalized spacial score (nSPS) is 29.2. The summed E-state index contributed by atoms with van der Waals surface area (Å²) in [5.41, 5.74) is 0. The second-order valence-electron chi connectivity index (χ2n) is 6.75. The lowest BCUT2D eigenvalue weighted by Crippen LogP contribution is -2.50. The number of carbonyl (C=O) groups excluding carboxylic acids is 1. The van der Waals surface area contributed by atoms with Crippen molar-refractivity contribution in [2.75, 3.05) is 20.1 Å². The maximum atomic E-state index is 12.5. The molecule has 1 saturated heterocycles. The lowest BCUT2D eigenvalue weighted by molar-refractivity contribution is -0.134. The molecular weight excluding hydrogens is 248 g/mol. The third kappa shape index (κ3) is 4.21. The van der Waals surface area contributed by atoms with Crippen LogP contribution in [0.15, 0.2) is 0 Å². The summed E-state index contributed by atoms with van der Waals surface area (Å²) in [6.45, 7) is 4.16. The minimum Gasteiger partial charge on any atom is -0.342 e. The van der Waals surface area contributed by atoms with Crippen LogP contribution in [0.5, 0.6) is 0 Å². The standard InChI is InChI=1S/C17H32N2O/c1-3-15-13-19(11-10-16(15)18-2)17(20)12-14-8-6-4-5-7-9-14/h14-16,18H,3-13H2,1-2H3. The summed E-state index contributed by atoms with van der Waals surface area (Å²) in [6, 6.07) is 0.599. The molecule has 1 aliphatic carbocycles. The van der Waals surface area contributed by atoms with E-state index in [9.17, 15) is 4.79 Å². The first-order chi connectivity index (χ1) is 9.74. The Morgan fingerprint density at radius 1 is 1.15 bits per heavy atom. The summed E-state index contributed by atoms with van der Waals surface area (Å²) < 4.78 is 0. The van der Waals surface area contributed by atoms with E-state index in [1.165, 1.54) is 44.9 Å². The van der Waals surface area contributed by atoms with Crippen LogP contribution in [0.25, 0.3) is 0 Å². The summed E-state index contributed by atoms with van der Waals surface area (Å²) in [6.07, 6.45) is 11.0. The quantitative estimate of drug-likeness (QED) is 0.802. The van der Waals surface area contributed by atoms with Gasteiger partial charge in [0, 0.05) is 25.6 Å². The van der Waals surface area contributed by atoms with Crippen LogP contribution in [0.3, 0.4) is 0 Å². The largest absolute Gasteiger partial charge is 0.342 e. The van der Waals surface area contributed by atoms with Crippen LogP contribution in [0.2, 0.25) is 0 Å². The van der Waals surface area contributed by atoms with Crippen molar-refractivity contribution in [2.24, 2.45) is 11.8 Å². The van der Waals surface area contributed by atoms with E-state index in [4.69, 9.17) is 0 Å². The van der Waals surface area contributed by atoms with Gasteiger partial charge < -0.3 is 10.2 Å². The van der Waals surface area contributed by atoms with Crippen molar-refractivity contribution in [1.82, 2.24) is 10.2 Å². The monoisotopic (exact) mass is 280 g/mol. The Kier molecular flexibility index (Phi) is 6.34. The Hall–Kier alpha value is -0.570. The molecule has 116 valence electrons. The van der Waals surface area contributed by atoms with Gasteiger partial charge in [-0.15, -0.1) is 0 Å². The van der Waals surface area contributed by atoms with Crippen LogP contribution in [-0.2, 0) is 4.79 Å². The van der Waals surface area contributed by atoms with E-state index in [0.29, 0.717) is 23.8 Å². The summed E-state index contributed by atoms with van der Waals surface area (Å²) in [5, 5.41) is 3.42. The molecule has 3 nitrogen and oxygen atoms in total. The average molecular weight is 280 g/mol. The van der Waals surface area contributed by atoms with E-state index in [2.05, 4.69) is 24.2 Å². The molecule has 0 radical (unpaired) electrons. The predicted molar refractivity (Wildman–Crippen MR) is 83.6 cm³/mol. The van der Waals surface area contributed by atoms with Gasteiger partial charge in [-0.2, -0.15) is 0 Å². The van der Waals surface area contributed by atoms with Gasteiger partial charge in [0.1, 0.15) is 0 Å². The van der Waals surface area contributed by atoms with Crippen molar-refractivity contribution >= 4 is 5.91 Å². The van der Waals surface area contributed by atoms with Crippen LogP contribution in [-0.4, -0.2) is 37.0 Å². The first-order valence-electron chi connectivity index (χ1n) is 8.69. The highest BCUT2D eigenvalue weighted by molar-refractivity contribution is 5.76. The molecule has 2 unspecified atom stereocenters. The zero-order valence-corrected chi connectivity index (χ0v) is 13.4. The number of nitrogens with zero attached hydrogens (tertiary/aromatic N) is 1. The van der Waals surface area contributed by atoms with Crippen molar-refractivity contribution in [3.05, 3.63) is 0 Å². The SMILES string of the molecule is CCC1CN(C(=O)CC2CCCCCC2)CCC1NC. The summed E-state index contributed by atoms with van der Waals surface area (Å²) in [4.78, 5) is 14.7. The summed E-state index contributed by atoms with van der Waals surface area (Å²) >= 11 is 0. The van der Waals surface area contributed by atoms with Crippen LogP contribution in [0.1, 0.15) is 64.7 Å². The lowest BCUT2D eigenvalue weighted by Gasteiger charge is -2.38. The smallest absolute Gasteiger partial charge is 0.222 e. The first kappa shape index (κ1) is 15.8. The van der Waals surface area contributed by atoms with Crippen molar-refractivity contribution in [1.29, 1.82) is 0 Å². The van der Waals surface area contributed by atoms with Crippen molar-refractivity contribution in [3.8, 4) is 0 Å². The molecule has 0 aromatic heterocycles. The van der Waals surface area contributed by atoms with Crippen molar-refractivity contribution in [3.63, 3.8) is 0 Å². The predicted octanol–water partition coefficient (Wildman–Crippen LogP) is 3.19. The van der Waals surface area contributed by atoms with Gasteiger partial charge in [0.15, 0.2) is 0 Å². The molecule has 0 bridgehead atoms. The third-order valence-corrected chi connectivity index (χ3v) is 5.42. The molecule has 2 aliphatic rings. The highest BCUT2D eigenvalue weighted by Crippen LogP contribution is 2.27. The molecular formula is C17H32N2O. The van der Waals surface area contributed by atoms with Crippen LogP contribution in [0.4, 0.5) is 0 Å². The lowest BCUT2D eigenvalue weighted by atomic mass is 9.89. The second-order valence-corrected chi connectivity index (χ2v) is 6.75. The maximum Gasteiger partial charge on any atom is 0.222 e. The van der Waals surface area contributed by atoms with Gasteiger partial charge in [0.25, 0.3) is 0 Å². The molecule has 1 saturated carbocycles. The van der Waals surface area contributed by atoms with Crippen molar-refractivity contribution in [2.45, 2.75) is 70.8 Å². The number of nitrogens with one attached hydrogen (secondary N) is 1. The third-order valence-electron chi connectivity index (χ3n) is 5.42. The molecule has 1 heterocycles. The van der Waals surface area contributed by atoms with Gasteiger partial charge in [-0.3, -0.25) is 4.79 Å². The molecule has 20 heavy (non-hydrogen) atoms. The number of amides is 1. The van der Waals surface area contributed by atoms with Gasteiger partial charge in [0.2, 0.25) is 5.91 Å².